The van der Waals surface area contributed by atoms with Gasteiger partial charge in [0.2, 0.25) is 0 Å². The Morgan fingerprint density at radius 1 is 1.29 bits per heavy atom. The van der Waals surface area contributed by atoms with Gasteiger partial charge in [-0.05, 0) is 53.0 Å². The van der Waals surface area contributed by atoms with Crippen molar-refractivity contribution in [3.8, 4) is 0 Å². The molecular formula is C17H18BrN5O. The van der Waals surface area contributed by atoms with E-state index in [4.69, 9.17) is 0 Å². The zero-order valence-corrected chi connectivity index (χ0v) is 14.9. The summed E-state index contributed by atoms with van der Waals surface area (Å²) >= 11 is 3.40. The fourth-order valence-corrected chi connectivity index (χ4v) is 2.92. The molecule has 3 aromatic heterocycles. The molecular weight excluding hydrogens is 370 g/mol. The number of nitrogens with zero attached hydrogens (tertiary/aromatic N) is 4. The zero-order valence-electron chi connectivity index (χ0n) is 13.3. The van der Waals surface area contributed by atoms with Crippen LogP contribution in [-0.2, 0) is 19.5 Å². The van der Waals surface area contributed by atoms with Gasteiger partial charge >= 0.3 is 0 Å². The maximum atomic E-state index is 12.4. The van der Waals surface area contributed by atoms with Crippen molar-refractivity contribution in [3.05, 3.63) is 64.8 Å². The van der Waals surface area contributed by atoms with Crippen molar-refractivity contribution < 1.29 is 4.79 Å². The van der Waals surface area contributed by atoms with Gasteiger partial charge in [-0.15, -0.1) is 0 Å². The molecule has 124 valence electrons. The molecule has 0 fully saturated rings. The molecule has 0 saturated carbocycles. The van der Waals surface area contributed by atoms with Gasteiger partial charge in [0.05, 0.1) is 0 Å². The Morgan fingerprint density at radius 2 is 2.08 bits per heavy atom. The minimum absolute atomic E-state index is 0.165. The second-order valence-corrected chi connectivity index (χ2v) is 6.27. The number of aromatic nitrogens is 4. The van der Waals surface area contributed by atoms with Crippen molar-refractivity contribution in [2.45, 2.75) is 26.4 Å². The molecule has 3 rings (SSSR count). The van der Waals surface area contributed by atoms with Gasteiger partial charge in [-0.1, -0.05) is 0 Å². The SMILES string of the molecule is CCn1cc(Br)cc1C(=O)Nc1ccn(CCc2ccncc2)n1. The van der Waals surface area contributed by atoms with Gasteiger partial charge in [0, 0.05) is 48.4 Å². The highest BCUT2D eigenvalue weighted by molar-refractivity contribution is 9.10. The summed E-state index contributed by atoms with van der Waals surface area (Å²) in [6.07, 6.45) is 8.19. The minimum atomic E-state index is -0.165. The molecule has 1 amide bonds. The van der Waals surface area contributed by atoms with E-state index in [1.54, 1.807) is 24.5 Å². The lowest BCUT2D eigenvalue weighted by atomic mass is 10.2. The van der Waals surface area contributed by atoms with Crippen LogP contribution in [0.3, 0.4) is 0 Å². The summed E-state index contributed by atoms with van der Waals surface area (Å²) in [5.41, 5.74) is 1.81. The molecule has 0 atom stereocenters. The van der Waals surface area contributed by atoms with Gasteiger partial charge in [-0.2, -0.15) is 5.10 Å². The first-order valence-electron chi connectivity index (χ1n) is 7.75. The largest absolute Gasteiger partial charge is 0.343 e. The molecule has 1 N–H and O–H groups in total. The van der Waals surface area contributed by atoms with Crippen LogP contribution >= 0.6 is 15.9 Å². The lowest BCUT2D eigenvalue weighted by Crippen LogP contribution is -2.17. The summed E-state index contributed by atoms with van der Waals surface area (Å²) in [5, 5.41) is 7.24. The molecule has 0 aliphatic carbocycles. The monoisotopic (exact) mass is 387 g/mol. The number of hydrogen-bond donors (Lipinski definition) is 1. The molecule has 0 saturated heterocycles. The second kappa shape index (κ2) is 7.44. The van der Waals surface area contributed by atoms with Crippen molar-refractivity contribution in [1.82, 2.24) is 19.3 Å². The highest BCUT2D eigenvalue weighted by Crippen LogP contribution is 2.16. The fourth-order valence-electron chi connectivity index (χ4n) is 2.45. The van der Waals surface area contributed by atoms with E-state index in [-0.39, 0.29) is 5.91 Å². The van der Waals surface area contributed by atoms with Crippen LogP contribution in [-0.4, -0.2) is 25.2 Å². The minimum Gasteiger partial charge on any atom is -0.343 e. The Bertz CT molecular complexity index is 825. The molecule has 3 heterocycles. The van der Waals surface area contributed by atoms with Crippen LogP contribution in [0.25, 0.3) is 0 Å². The van der Waals surface area contributed by atoms with E-state index in [1.165, 1.54) is 5.56 Å². The summed E-state index contributed by atoms with van der Waals surface area (Å²) in [7, 11) is 0. The number of carbonyl (C=O) groups excluding carboxylic acids is 1. The number of aryl methyl sites for hydroxylation is 3. The molecule has 0 unspecified atom stereocenters. The van der Waals surface area contributed by atoms with Crippen LogP contribution in [0.4, 0.5) is 5.82 Å². The number of amides is 1. The average molecular weight is 388 g/mol. The number of rotatable bonds is 6. The molecule has 6 nitrogen and oxygen atoms in total. The van der Waals surface area contributed by atoms with Gasteiger partial charge in [0.15, 0.2) is 5.82 Å². The summed E-state index contributed by atoms with van der Waals surface area (Å²) in [4.78, 5) is 16.4. The Kier molecular flexibility index (Phi) is 5.10. The Morgan fingerprint density at radius 3 is 2.83 bits per heavy atom. The first kappa shape index (κ1) is 16.4. The predicted molar refractivity (Wildman–Crippen MR) is 95.9 cm³/mol. The second-order valence-electron chi connectivity index (χ2n) is 5.35. The molecule has 0 radical (unpaired) electrons. The lowest BCUT2D eigenvalue weighted by Gasteiger charge is -2.06. The number of carbonyl (C=O) groups is 1. The normalized spacial score (nSPS) is 10.8. The van der Waals surface area contributed by atoms with Gasteiger partial charge in [0.25, 0.3) is 5.91 Å². The quantitative estimate of drug-likeness (QED) is 0.704. The molecule has 0 bridgehead atoms. The number of hydrogen-bond acceptors (Lipinski definition) is 3. The third kappa shape index (κ3) is 3.91. The third-order valence-corrected chi connectivity index (χ3v) is 4.13. The van der Waals surface area contributed by atoms with Crippen LogP contribution in [0, 0.1) is 0 Å². The molecule has 7 heteroatoms. The Labute approximate surface area is 148 Å². The van der Waals surface area contributed by atoms with Crippen LogP contribution in [0.2, 0.25) is 0 Å². The van der Waals surface area contributed by atoms with E-state index in [1.807, 2.05) is 40.7 Å². The molecule has 0 aromatic carbocycles. The predicted octanol–water partition coefficient (Wildman–Crippen LogP) is 3.36. The summed E-state index contributed by atoms with van der Waals surface area (Å²) in [5.74, 6) is 0.386. The summed E-state index contributed by atoms with van der Waals surface area (Å²) in [6, 6.07) is 7.59. The number of halogens is 1. The van der Waals surface area contributed by atoms with E-state index in [0.717, 1.165) is 24.0 Å². The van der Waals surface area contributed by atoms with Crippen molar-refractivity contribution in [1.29, 1.82) is 0 Å². The molecule has 0 aliphatic rings. The van der Waals surface area contributed by atoms with Gasteiger partial charge in [0.1, 0.15) is 5.69 Å². The fraction of sp³-hybridized carbons (Fsp3) is 0.235. The molecule has 24 heavy (non-hydrogen) atoms. The summed E-state index contributed by atoms with van der Waals surface area (Å²) < 4.78 is 4.60. The molecule has 0 spiro atoms. The first-order valence-corrected chi connectivity index (χ1v) is 8.54. The molecule has 3 aromatic rings. The van der Waals surface area contributed by atoms with Gasteiger partial charge < -0.3 is 9.88 Å². The van der Waals surface area contributed by atoms with E-state index in [0.29, 0.717) is 11.5 Å². The van der Waals surface area contributed by atoms with Crippen LogP contribution in [0.5, 0.6) is 0 Å². The maximum Gasteiger partial charge on any atom is 0.273 e. The van der Waals surface area contributed by atoms with E-state index in [9.17, 15) is 4.79 Å². The highest BCUT2D eigenvalue weighted by Gasteiger charge is 2.13. The maximum absolute atomic E-state index is 12.4. The Hall–Kier alpha value is -2.41. The standard InChI is InChI=1S/C17H18BrN5O/c1-2-22-12-14(18)11-15(22)17(24)20-16-6-10-23(21-16)9-5-13-3-7-19-8-4-13/h3-4,6-8,10-12H,2,5,9H2,1H3,(H,20,21,24). The smallest absolute Gasteiger partial charge is 0.273 e. The number of pyridine rings is 1. The Balaban J connectivity index is 1.62. The lowest BCUT2D eigenvalue weighted by molar-refractivity contribution is 0.101. The highest BCUT2D eigenvalue weighted by atomic mass is 79.9. The van der Waals surface area contributed by atoms with Crippen molar-refractivity contribution in [3.63, 3.8) is 0 Å². The zero-order chi connectivity index (χ0) is 16.9. The van der Waals surface area contributed by atoms with Crippen LogP contribution in [0.15, 0.2) is 53.5 Å². The topological polar surface area (TPSA) is 64.7 Å². The van der Waals surface area contributed by atoms with Crippen LogP contribution < -0.4 is 5.32 Å². The first-order chi connectivity index (χ1) is 11.7. The third-order valence-electron chi connectivity index (χ3n) is 3.70. The van der Waals surface area contributed by atoms with E-state index < -0.39 is 0 Å². The number of nitrogens with one attached hydrogen (secondary N) is 1. The van der Waals surface area contributed by atoms with Gasteiger partial charge in [-0.3, -0.25) is 14.5 Å². The average Bonchev–Trinajstić information content (AvgIpc) is 3.20. The van der Waals surface area contributed by atoms with Crippen molar-refractivity contribution in [2.24, 2.45) is 0 Å². The van der Waals surface area contributed by atoms with Crippen LogP contribution in [0.1, 0.15) is 23.0 Å². The number of anilines is 1. The van der Waals surface area contributed by atoms with Gasteiger partial charge in [-0.25, -0.2) is 0 Å². The summed E-state index contributed by atoms with van der Waals surface area (Å²) in [6.45, 7) is 3.47. The van der Waals surface area contributed by atoms with E-state index in [2.05, 4.69) is 31.3 Å². The van der Waals surface area contributed by atoms with Crippen molar-refractivity contribution >= 4 is 27.7 Å². The van der Waals surface area contributed by atoms with Crippen molar-refractivity contribution in [2.75, 3.05) is 5.32 Å². The molecule has 0 aliphatic heterocycles. The van der Waals surface area contributed by atoms with E-state index >= 15 is 0 Å².